The number of nitrogens with zero attached hydrogens (tertiary/aromatic N) is 4. The molecule has 0 spiro atoms. The number of carbonyl (C=O) groups excluding carboxylic acids is 1. The molecule has 1 amide bonds. The average molecular weight is 516 g/mol. The van der Waals surface area contributed by atoms with Crippen LogP contribution >= 0.6 is 0 Å². The van der Waals surface area contributed by atoms with E-state index in [1.807, 2.05) is 49.5 Å². The van der Waals surface area contributed by atoms with Gasteiger partial charge in [-0.3, -0.25) is 9.48 Å². The first-order chi connectivity index (χ1) is 18.2. The second-order valence-corrected chi connectivity index (χ2v) is 11.1. The molecule has 3 aromatic heterocycles. The van der Waals surface area contributed by atoms with Gasteiger partial charge in [-0.25, -0.2) is 4.98 Å². The van der Waals surface area contributed by atoms with E-state index in [0.717, 1.165) is 47.6 Å². The molecule has 1 aromatic carbocycles. The van der Waals surface area contributed by atoms with E-state index in [9.17, 15) is 9.90 Å². The van der Waals surface area contributed by atoms with Crippen molar-refractivity contribution < 1.29 is 9.90 Å². The molecule has 5 rings (SSSR count). The van der Waals surface area contributed by atoms with Crippen molar-refractivity contribution in [1.29, 1.82) is 0 Å². The van der Waals surface area contributed by atoms with Crippen molar-refractivity contribution in [3.05, 3.63) is 65.5 Å². The Morgan fingerprint density at radius 1 is 1.18 bits per heavy atom. The zero-order chi connectivity index (χ0) is 26.9. The van der Waals surface area contributed by atoms with Gasteiger partial charge < -0.3 is 25.6 Å². The number of pyridine rings is 1. The van der Waals surface area contributed by atoms with Crippen molar-refractivity contribution in [3.63, 3.8) is 0 Å². The van der Waals surface area contributed by atoms with E-state index >= 15 is 0 Å². The number of amides is 1. The van der Waals surface area contributed by atoms with Gasteiger partial charge in [0, 0.05) is 48.0 Å². The monoisotopic (exact) mass is 515 g/mol. The minimum atomic E-state index is -0.0347. The Kier molecular flexibility index (Phi) is 7.12. The lowest BCUT2D eigenvalue weighted by atomic mass is 9.86. The smallest absolute Gasteiger partial charge is 0.251 e. The zero-order valence-corrected chi connectivity index (χ0v) is 22.6. The van der Waals surface area contributed by atoms with Crippen LogP contribution < -0.4 is 15.5 Å². The van der Waals surface area contributed by atoms with Gasteiger partial charge in [0.15, 0.2) is 5.82 Å². The summed E-state index contributed by atoms with van der Waals surface area (Å²) in [6.45, 7) is 10.6. The molecule has 9 heteroatoms. The van der Waals surface area contributed by atoms with Crippen LogP contribution in [0.15, 0.2) is 48.7 Å². The summed E-state index contributed by atoms with van der Waals surface area (Å²) in [7, 11) is 0. The first-order valence-corrected chi connectivity index (χ1v) is 13.3. The first kappa shape index (κ1) is 25.8. The molecule has 0 aliphatic carbocycles. The van der Waals surface area contributed by atoms with Crippen LogP contribution in [0.2, 0.25) is 0 Å². The van der Waals surface area contributed by atoms with E-state index in [2.05, 4.69) is 52.5 Å². The van der Waals surface area contributed by atoms with E-state index in [0.29, 0.717) is 24.5 Å². The highest BCUT2D eigenvalue weighted by molar-refractivity contribution is 5.95. The fourth-order valence-corrected chi connectivity index (χ4v) is 5.07. The molecule has 0 unspecified atom stereocenters. The standard InChI is InChI=1S/C29H37N7O2/c1-19-16-26(34-36(19)14-15-37)33-25-17-23-24(32-25)11-12-30-27(23)35-13-5-6-22(18-35)31-28(38)20-7-9-21(10-8-20)29(2,3)4/h7-12,16-17,22,32,37H,5-6,13-15,18H2,1-4H3,(H,31,38)(H,33,34)/t22-/m0/s1. The summed E-state index contributed by atoms with van der Waals surface area (Å²) in [5, 5.41) is 21.3. The number of nitrogens with one attached hydrogen (secondary N) is 3. The van der Waals surface area contributed by atoms with Crippen molar-refractivity contribution in [2.75, 3.05) is 29.9 Å². The number of aliphatic hydroxyl groups is 1. The molecule has 1 aliphatic rings. The van der Waals surface area contributed by atoms with Crippen molar-refractivity contribution in [2.45, 2.75) is 58.5 Å². The third-order valence-corrected chi connectivity index (χ3v) is 7.15. The number of hydrogen-bond acceptors (Lipinski definition) is 6. The van der Waals surface area contributed by atoms with E-state index in [4.69, 9.17) is 4.98 Å². The molecule has 4 N–H and O–H groups in total. The van der Waals surface area contributed by atoms with Crippen molar-refractivity contribution in [3.8, 4) is 0 Å². The minimum Gasteiger partial charge on any atom is -0.394 e. The number of aryl methyl sites for hydroxylation is 1. The second kappa shape index (κ2) is 10.5. The van der Waals surface area contributed by atoms with Crippen molar-refractivity contribution >= 4 is 34.3 Å². The fourth-order valence-electron chi connectivity index (χ4n) is 5.07. The number of H-pyrrole nitrogens is 1. The Morgan fingerprint density at radius 2 is 1.97 bits per heavy atom. The Morgan fingerprint density at radius 3 is 2.71 bits per heavy atom. The fraction of sp³-hybridized carbons (Fsp3) is 0.414. The summed E-state index contributed by atoms with van der Waals surface area (Å²) < 4.78 is 1.78. The minimum absolute atomic E-state index is 0.0347. The molecule has 9 nitrogen and oxygen atoms in total. The number of piperidine rings is 1. The van der Waals surface area contributed by atoms with E-state index < -0.39 is 0 Å². The van der Waals surface area contributed by atoms with Crippen LogP contribution in [0.5, 0.6) is 0 Å². The van der Waals surface area contributed by atoms with Crippen LogP contribution in [0.25, 0.3) is 10.9 Å². The van der Waals surface area contributed by atoms with Gasteiger partial charge in [-0.1, -0.05) is 32.9 Å². The number of hydrogen-bond donors (Lipinski definition) is 4. The maximum atomic E-state index is 13.0. The van der Waals surface area contributed by atoms with E-state index in [1.165, 1.54) is 5.56 Å². The predicted octanol–water partition coefficient (Wildman–Crippen LogP) is 4.50. The number of anilines is 3. The molecule has 0 bridgehead atoms. The Balaban J connectivity index is 1.29. The van der Waals surface area contributed by atoms with Gasteiger partial charge in [-0.2, -0.15) is 5.10 Å². The van der Waals surface area contributed by atoms with Gasteiger partial charge in [-0.05, 0) is 55.0 Å². The topological polar surface area (TPSA) is 111 Å². The average Bonchev–Trinajstić information content (AvgIpc) is 3.46. The summed E-state index contributed by atoms with van der Waals surface area (Å²) in [5.74, 6) is 2.41. The van der Waals surface area contributed by atoms with Crippen LogP contribution in [0, 0.1) is 6.92 Å². The van der Waals surface area contributed by atoms with Gasteiger partial charge >= 0.3 is 0 Å². The summed E-state index contributed by atoms with van der Waals surface area (Å²) in [5.41, 5.74) is 3.92. The van der Waals surface area contributed by atoms with E-state index in [1.54, 1.807) is 4.68 Å². The van der Waals surface area contributed by atoms with Gasteiger partial charge in [0.25, 0.3) is 5.91 Å². The summed E-state index contributed by atoms with van der Waals surface area (Å²) in [6, 6.07) is 13.9. The van der Waals surface area contributed by atoms with Crippen molar-refractivity contribution in [2.24, 2.45) is 0 Å². The summed E-state index contributed by atoms with van der Waals surface area (Å²) in [4.78, 5) is 23.4. The SMILES string of the molecule is Cc1cc(Nc2cc3c(N4CCC[C@H](NC(=O)c5ccc(C(C)(C)C)cc5)C4)nccc3[nH]2)nn1CCO. The molecule has 200 valence electrons. The highest BCUT2D eigenvalue weighted by Crippen LogP contribution is 2.30. The van der Waals surface area contributed by atoms with Gasteiger partial charge in [0.2, 0.25) is 0 Å². The maximum Gasteiger partial charge on any atom is 0.251 e. The molecular weight excluding hydrogens is 478 g/mol. The molecule has 4 aromatic rings. The quantitative estimate of drug-likeness (QED) is 0.288. The largest absolute Gasteiger partial charge is 0.394 e. The number of carbonyl (C=O) groups is 1. The Hall–Kier alpha value is -3.85. The predicted molar refractivity (Wildman–Crippen MR) is 151 cm³/mol. The molecule has 1 saturated heterocycles. The highest BCUT2D eigenvalue weighted by atomic mass is 16.3. The molecule has 0 saturated carbocycles. The van der Waals surface area contributed by atoms with Crippen molar-refractivity contribution in [1.82, 2.24) is 25.1 Å². The number of aromatic amines is 1. The molecule has 4 heterocycles. The van der Waals surface area contributed by atoms with Crippen LogP contribution in [-0.4, -0.2) is 56.5 Å². The van der Waals surface area contributed by atoms with Gasteiger partial charge in [0.05, 0.1) is 18.7 Å². The second-order valence-electron chi connectivity index (χ2n) is 11.1. The van der Waals surface area contributed by atoms with Crippen LogP contribution in [-0.2, 0) is 12.0 Å². The van der Waals surface area contributed by atoms with Gasteiger partial charge in [0.1, 0.15) is 11.6 Å². The molecule has 1 aliphatic heterocycles. The maximum absolute atomic E-state index is 13.0. The normalized spacial score (nSPS) is 16.1. The van der Waals surface area contributed by atoms with Crippen LogP contribution in [0.1, 0.15) is 55.2 Å². The lowest BCUT2D eigenvalue weighted by Crippen LogP contribution is -2.48. The lowest BCUT2D eigenvalue weighted by molar-refractivity contribution is 0.0933. The number of aliphatic hydroxyl groups excluding tert-OH is 1. The van der Waals surface area contributed by atoms with Crippen LogP contribution in [0.4, 0.5) is 17.5 Å². The number of rotatable bonds is 7. The number of aromatic nitrogens is 4. The zero-order valence-electron chi connectivity index (χ0n) is 22.6. The Bertz CT molecular complexity index is 1420. The van der Waals surface area contributed by atoms with E-state index in [-0.39, 0.29) is 24.0 Å². The van der Waals surface area contributed by atoms with Gasteiger partial charge in [-0.15, -0.1) is 0 Å². The molecule has 38 heavy (non-hydrogen) atoms. The number of fused-ring (bicyclic) bond motifs is 1. The number of benzene rings is 1. The lowest BCUT2D eigenvalue weighted by Gasteiger charge is -2.34. The molecule has 1 atom stereocenters. The molecule has 1 fully saturated rings. The molecule has 0 radical (unpaired) electrons. The Labute approximate surface area is 223 Å². The summed E-state index contributed by atoms with van der Waals surface area (Å²) in [6.07, 6.45) is 3.73. The van der Waals surface area contributed by atoms with Crippen LogP contribution in [0.3, 0.4) is 0 Å². The highest BCUT2D eigenvalue weighted by Gasteiger charge is 2.25. The first-order valence-electron chi connectivity index (χ1n) is 13.3. The third-order valence-electron chi connectivity index (χ3n) is 7.15. The summed E-state index contributed by atoms with van der Waals surface area (Å²) >= 11 is 0. The molecular formula is C29H37N7O2. The third kappa shape index (κ3) is 5.52.